The van der Waals surface area contributed by atoms with Crippen LogP contribution in [0.15, 0.2) is 334 Å². The highest BCUT2D eigenvalue weighted by Crippen LogP contribution is 2.44. The highest BCUT2D eigenvalue weighted by atomic mass is 28.3. The third-order valence-electron chi connectivity index (χ3n) is 24.0. The third-order valence-corrected chi connectivity index (χ3v) is 38.7. The Kier molecular flexibility index (Phi) is 12.7. The molecule has 1 atom stereocenters. The van der Waals surface area contributed by atoms with Crippen molar-refractivity contribution in [3.63, 3.8) is 0 Å². The Balaban J connectivity index is 0.712. The molecule has 0 aliphatic carbocycles. The molecule has 0 N–H and O–H groups in total. The number of rotatable bonds is 9. The first-order valence-corrected chi connectivity index (χ1v) is 42.2. The topological polar surface area (TPSA) is 36.9 Å². The lowest BCUT2D eigenvalue weighted by atomic mass is 9.33. The van der Waals surface area contributed by atoms with E-state index in [-0.39, 0.29) is 20.1 Å². The summed E-state index contributed by atoms with van der Waals surface area (Å²) in [4.78, 5) is 0. The van der Waals surface area contributed by atoms with Gasteiger partial charge in [0.1, 0.15) is 46.0 Å². The first-order chi connectivity index (χ1) is 50.9. The summed E-state index contributed by atoms with van der Waals surface area (Å²) in [5.74, 6) is 6.81. The number of ether oxygens (including phenoxy) is 4. The van der Waals surface area contributed by atoms with Crippen LogP contribution in [-0.4, -0.2) is 44.4 Å². The summed E-state index contributed by atoms with van der Waals surface area (Å²) in [5.41, 5.74) is 18.3. The summed E-state index contributed by atoms with van der Waals surface area (Å²) in [5, 5.41) is 17.0. The molecule has 4 nitrogen and oxygen atoms in total. The van der Waals surface area contributed by atoms with Crippen molar-refractivity contribution in [3.05, 3.63) is 356 Å². The van der Waals surface area contributed by atoms with Gasteiger partial charge in [-0.1, -0.05) is 319 Å². The van der Waals surface area contributed by atoms with Crippen LogP contribution in [0.1, 0.15) is 22.3 Å². The lowest BCUT2D eigenvalue weighted by Gasteiger charge is -2.50. The summed E-state index contributed by atoms with van der Waals surface area (Å²) in [6.45, 7) is 4.38. The lowest BCUT2D eigenvalue weighted by molar-refractivity contribution is 0.440. The Morgan fingerprint density at radius 1 is 0.243 bits per heavy atom. The van der Waals surface area contributed by atoms with Crippen LogP contribution in [0.2, 0.25) is 0 Å². The van der Waals surface area contributed by atoms with Crippen LogP contribution >= 0.6 is 0 Å². The molecular formula is C93H63B3O4Si3. The van der Waals surface area contributed by atoms with Gasteiger partial charge in [0.25, 0.3) is 13.4 Å². The van der Waals surface area contributed by atoms with E-state index in [0.717, 1.165) is 79.1 Å². The molecule has 0 radical (unpaired) electrons. The Bertz CT molecular complexity index is 6020. The molecule has 0 spiro atoms. The average Bonchev–Trinajstić information content (AvgIpc) is 0.686. The van der Waals surface area contributed by atoms with Gasteiger partial charge in [-0.3, -0.25) is 0 Å². The molecule has 0 saturated carbocycles. The monoisotopic (exact) mass is 1360 g/mol. The molecule has 0 saturated heterocycles. The highest BCUT2D eigenvalue weighted by molar-refractivity contribution is 7.32. The van der Waals surface area contributed by atoms with E-state index < -0.39 is 24.2 Å². The molecule has 22 rings (SSSR count). The van der Waals surface area contributed by atoms with Crippen molar-refractivity contribution in [2.45, 2.75) is 20.3 Å². The number of aryl methyl sites for hydroxylation is 2. The second kappa shape index (κ2) is 22.2. The van der Waals surface area contributed by atoms with Crippen LogP contribution in [0, 0.1) is 13.8 Å². The van der Waals surface area contributed by atoms with E-state index in [2.05, 4.69) is 341 Å². The maximum absolute atomic E-state index is 7.57. The number of hydrogen-bond acceptors (Lipinski definition) is 4. The van der Waals surface area contributed by atoms with Crippen molar-refractivity contribution in [2.75, 3.05) is 0 Å². The van der Waals surface area contributed by atoms with Gasteiger partial charge < -0.3 is 18.9 Å². The maximum Gasteiger partial charge on any atom is 0.270 e. The van der Waals surface area contributed by atoms with Crippen LogP contribution in [0.3, 0.4) is 0 Å². The fourth-order valence-corrected chi connectivity index (χ4v) is 36.4. The highest BCUT2D eigenvalue weighted by Gasteiger charge is 2.59. The van der Waals surface area contributed by atoms with Crippen molar-refractivity contribution in [3.8, 4) is 57.1 Å². The van der Waals surface area contributed by atoms with Gasteiger partial charge in [0.2, 0.25) is 6.71 Å². The molecule has 7 heterocycles. The van der Waals surface area contributed by atoms with Crippen LogP contribution in [0.25, 0.3) is 11.1 Å². The Morgan fingerprint density at radius 3 is 1.14 bits per heavy atom. The zero-order valence-corrected chi connectivity index (χ0v) is 59.8. The van der Waals surface area contributed by atoms with Crippen molar-refractivity contribution < 1.29 is 18.9 Å². The molecule has 15 aromatic carbocycles. The molecule has 7 aliphatic heterocycles. The number of hydrogen-bond donors (Lipinski definition) is 0. The zero-order valence-electron chi connectivity index (χ0n) is 56.8. The minimum Gasteiger partial charge on any atom is -0.458 e. The predicted molar refractivity (Wildman–Crippen MR) is 435 cm³/mol. The molecular weight excluding hydrogens is 1300 g/mol. The fraction of sp³-hybridized carbons (Fsp3) is 0.0323. The van der Waals surface area contributed by atoms with Crippen LogP contribution in [0.5, 0.6) is 46.0 Å². The van der Waals surface area contributed by atoms with Gasteiger partial charge in [0.05, 0.1) is 0 Å². The second-order valence-electron chi connectivity index (χ2n) is 29.2. The molecule has 15 aromatic rings. The Labute approximate surface area is 603 Å². The van der Waals surface area contributed by atoms with Crippen LogP contribution in [0.4, 0.5) is 0 Å². The standard InChI is InChI=1S/C93H63B3O4Si3/c1-59-51-85-92-86(52-59)103(69-33-16-7-17-34-69,83-41-22-19-36-72(83)94(92)71-35-18-21-40-82(71)101(85,65-25-8-3-9-26-65)66-27-10-4-11-28-66)70-47-44-63(45-48-70)64-46-50-75-74(58-64)95-73-37-20-23-42-84(73)102(67-29-12-5-13-30-67,68-31-14-6-15-32-68)87-57-62(56-81(97-75)90(87)95)53-61-54-79-89-80(55-61)100-93-60(2)43-49-78-91(93)96(89)88-76(98-78)38-24-39-77(88)99-79/h3-52,54-58H,53H2,1-2H3. The van der Waals surface area contributed by atoms with Crippen LogP contribution in [-0.2, 0) is 6.42 Å². The zero-order chi connectivity index (χ0) is 67.9. The van der Waals surface area contributed by atoms with Gasteiger partial charge in [-0.15, -0.1) is 0 Å². The SMILES string of the molecule is Cc1cc2c3c(c1)[Si](c1ccccc1)(c1ccc(-c4ccc5c(c4)B4c6ccccc6[Si](c6ccccc6)(c6ccccc6)c6cc(Cc7cc8c9c(c7)Oc7c(C)ccc%10c7B9c7c(cccc7O%10)O8)cc(c64)O5)cc1)c1ccccc1B3c1ccccc1[Si]2(c1ccccc1)c1ccccc1. The first kappa shape index (κ1) is 59.1. The van der Waals surface area contributed by atoms with Gasteiger partial charge >= 0.3 is 0 Å². The van der Waals surface area contributed by atoms with Crippen molar-refractivity contribution in [1.29, 1.82) is 0 Å². The summed E-state index contributed by atoms with van der Waals surface area (Å²) in [7, 11) is -9.21. The van der Waals surface area contributed by atoms with E-state index in [9.17, 15) is 0 Å². The van der Waals surface area contributed by atoms with E-state index in [1.165, 1.54) is 112 Å². The van der Waals surface area contributed by atoms with Crippen molar-refractivity contribution >= 4 is 156 Å². The van der Waals surface area contributed by atoms with Gasteiger partial charge in [0, 0.05) is 16.4 Å². The van der Waals surface area contributed by atoms with Crippen molar-refractivity contribution in [1.82, 2.24) is 0 Å². The molecule has 0 amide bonds. The predicted octanol–water partition coefficient (Wildman–Crippen LogP) is 6.61. The summed E-state index contributed by atoms with van der Waals surface area (Å²) in [6.07, 6.45) is 0.621. The van der Waals surface area contributed by atoms with Gasteiger partial charge in [-0.2, -0.15) is 0 Å². The van der Waals surface area contributed by atoms with E-state index in [1.54, 1.807) is 0 Å². The molecule has 103 heavy (non-hydrogen) atoms. The van der Waals surface area contributed by atoms with E-state index in [4.69, 9.17) is 18.9 Å². The summed E-state index contributed by atoms with van der Waals surface area (Å²) in [6, 6.07) is 128. The van der Waals surface area contributed by atoms with Gasteiger partial charge in [0.15, 0.2) is 24.2 Å². The van der Waals surface area contributed by atoms with Crippen molar-refractivity contribution in [2.24, 2.45) is 0 Å². The first-order valence-electron chi connectivity index (χ1n) is 36.2. The molecule has 7 aliphatic rings. The molecule has 0 aromatic heterocycles. The molecule has 480 valence electrons. The van der Waals surface area contributed by atoms with Crippen LogP contribution < -0.4 is 130 Å². The summed E-state index contributed by atoms with van der Waals surface area (Å²) < 4.78 is 28.1. The Morgan fingerprint density at radius 2 is 0.621 bits per heavy atom. The largest absolute Gasteiger partial charge is 0.458 e. The molecule has 1 unspecified atom stereocenters. The smallest absolute Gasteiger partial charge is 0.270 e. The minimum atomic E-state index is -3.14. The van der Waals surface area contributed by atoms with Gasteiger partial charge in [-0.25, -0.2) is 0 Å². The quantitative estimate of drug-likeness (QED) is 0.153. The molecule has 0 fully saturated rings. The van der Waals surface area contributed by atoms with E-state index in [0.29, 0.717) is 6.42 Å². The number of benzene rings is 15. The molecule has 0 bridgehead atoms. The third kappa shape index (κ3) is 8.08. The molecule has 10 heteroatoms. The number of fused-ring (bicyclic) bond motifs is 8. The van der Waals surface area contributed by atoms with Gasteiger partial charge in [-0.05, 0) is 164 Å². The van der Waals surface area contributed by atoms with E-state index in [1.807, 2.05) is 6.07 Å². The average molecular weight is 1360 g/mol. The van der Waals surface area contributed by atoms with E-state index >= 15 is 0 Å². The lowest BCUT2D eigenvalue weighted by Crippen LogP contribution is -2.95. The fourth-order valence-electron chi connectivity index (χ4n) is 20.2. The normalized spacial score (nSPS) is 16.0. The second-order valence-corrected chi connectivity index (χ2v) is 40.4. The Hall–Kier alpha value is -11.7. The minimum absolute atomic E-state index is 0.0617. The summed E-state index contributed by atoms with van der Waals surface area (Å²) >= 11 is 0. The maximum atomic E-state index is 7.57.